The number of anilines is 1. The number of nitrogens with one attached hydrogen (secondary N) is 2. The Labute approximate surface area is 133 Å². The molecule has 0 spiro atoms. The molecule has 0 aliphatic rings. The topological polar surface area (TPSA) is 33.3 Å². The largest absolute Gasteiger partial charge is 0.494 e. The molecule has 2 N–H and O–H groups in total. The average molecular weight is 322 g/mol. The highest BCUT2D eigenvalue weighted by Gasteiger charge is 2.05. The molecule has 0 unspecified atom stereocenters. The quantitative estimate of drug-likeness (QED) is 0.819. The summed E-state index contributed by atoms with van der Waals surface area (Å²) in [4.78, 5) is 0. The Hall–Kier alpha value is -2.21. The molecule has 2 rings (SSSR count). The summed E-state index contributed by atoms with van der Waals surface area (Å²) in [6, 6.07) is 10.9. The van der Waals surface area contributed by atoms with Gasteiger partial charge in [0.1, 0.15) is 17.4 Å². The van der Waals surface area contributed by atoms with Gasteiger partial charge in [0, 0.05) is 12.6 Å². The maximum Gasteiger partial charge on any atom is 0.171 e. The summed E-state index contributed by atoms with van der Waals surface area (Å²) in [5.41, 5.74) is 1.11. The lowest BCUT2D eigenvalue weighted by Gasteiger charge is -2.12. The molecule has 0 aliphatic heterocycles. The van der Waals surface area contributed by atoms with Crippen LogP contribution in [0.2, 0.25) is 0 Å². The second-order valence-corrected chi connectivity index (χ2v) is 4.92. The minimum absolute atomic E-state index is 0.127. The predicted octanol–water partition coefficient (Wildman–Crippen LogP) is 3.85. The Morgan fingerprint density at radius 2 is 2.00 bits per heavy atom. The SMILES string of the molecule is CCOc1cccc(CNC(=S)Nc2ccc(F)cc2F)c1. The van der Waals surface area contributed by atoms with Crippen molar-refractivity contribution in [2.24, 2.45) is 0 Å². The first-order valence-electron chi connectivity index (χ1n) is 6.80. The molecule has 0 fully saturated rings. The predicted molar refractivity (Wildman–Crippen MR) is 87.0 cm³/mol. The molecule has 2 aromatic carbocycles. The Balaban J connectivity index is 1.91. The molecule has 0 heterocycles. The number of rotatable bonds is 5. The molecule has 0 radical (unpaired) electrons. The highest BCUT2D eigenvalue weighted by molar-refractivity contribution is 7.80. The van der Waals surface area contributed by atoms with Crippen LogP contribution in [0.4, 0.5) is 14.5 Å². The fourth-order valence-corrected chi connectivity index (χ4v) is 2.03. The van der Waals surface area contributed by atoms with E-state index >= 15 is 0 Å². The van der Waals surface area contributed by atoms with Crippen molar-refractivity contribution < 1.29 is 13.5 Å². The van der Waals surface area contributed by atoms with E-state index in [1.54, 1.807) is 0 Å². The Morgan fingerprint density at radius 3 is 2.73 bits per heavy atom. The molecule has 0 saturated carbocycles. The fraction of sp³-hybridized carbons (Fsp3) is 0.188. The molecule has 0 atom stereocenters. The Bertz CT molecular complexity index is 664. The lowest BCUT2D eigenvalue weighted by molar-refractivity contribution is 0.340. The van der Waals surface area contributed by atoms with E-state index in [-0.39, 0.29) is 10.8 Å². The normalized spacial score (nSPS) is 10.1. The van der Waals surface area contributed by atoms with Crippen LogP contribution in [-0.2, 0) is 6.54 Å². The van der Waals surface area contributed by atoms with Gasteiger partial charge in [-0.05, 0) is 49.0 Å². The molecule has 0 aliphatic carbocycles. The molecular formula is C16H16F2N2OS. The van der Waals surface area contributed by atoms with Crippen LogP contribution in [0.15, 0.2) is 42.5 Å². The van der Waals surface area contributed by atoms with Crippen molar-refractivity contribution in [2.75, 3.05) is 11.9 Å². The van der Waals surface area contributed by atoms with Gasteiger partial charge in [0.05, 0.1) is 12.3 Å². The highest BCUT2D eigenvalue weighted by atomic mass is 32.1. The lowest BCUT2D eigenvalue weighted by atomic mass is 10.2. The molecule has 6 heteroatoms. The van der Waals surface area contributed by atoms with Crippen LogP contribution < -0.4 is 15.4 Å². The summed E-state index contributed by atoms with van der Waals surface area (Å²) in [7, 11) is 0. The van der Waals surface area contributed by atoms with Crippen LogP contribution in [-0.4, -0.2) is 11.7 Å². The Morgan fingerprint density at radius 1 is 1.18 bits per heavy atom. The van der Waals surface area contributed by atoms with E-state index in [1.807, 2.05) is 31.2 Å². The van der Waals surface area contributed by atoms with Gasteiger partial charge in [-0.1, -0.05) is 12.1 Å². The summed E-state index contributed by atoms with van der Waals surface area (Å²) in [6.07, 6.45) is 0. The first kappa shape index (κ1) is 16.2. The van der Waals surface area contributed by atoms with Gasteiger partial charge in [-0.3, -0.25) is 0 Å². The summed E-state index contributed by atoms with van der Waals surface area (Å²) < 4.78 is 31.7. The van der Waals surface area contributed by atoms with Crippen LogP contribution >= 0.6 is 12.2 Å². The molecular weight excluding hydrogens is 306 g/mol. The number of benzene rings is 2. The van der Waals surface area contributed by atoms with Crippen LogP contribution in [0.3, 0.4) is 0 Å². The van der Waals surface area contributed by atoms with Crippen molar-refractivity contribution in [3.8, 4) is 5.75 Å². The number of ether oxygens (including phenoxy) is 1. The van der Waals surface area contributed by atoms with Crippen LogP contribution in [0.5, 0.6) is 5.75 Å². The highest BCUT2D eigenvalue weighted by Crippen LogP contribution is 2.15. The minimum atomic E-state index is -0.692. The van der Waals surface area contributed by atoms with Gasteiger partial charge in [-0.25, -0.2) is 8.78 Å². The molecule has 0 bridgehead atoms. The molecule has 22 heavy (non-hydrogen) atoms. The van der Waals surface area contributed by atoms with Crippen LogP contribution in [0.1, 0.15) is 12.5 Å². The third kappa shape index (κ3) is 4.66. The zero-order valence-electron chi connectivity index (χ0n) is 12.0. The third-order valence-electron chi connectivity index (χ3n) is 2.84. The zero-order valence-corrected chi connectivity index (χ0v) is 12.8. The van der Waals surface area contributed by atoms with Crippen molar-refractivity contribution in [3.63, 3.8) is 0 Å². The van der Waals surface area contributed by atoms with Crippen molar-refractivity contribution in [3.05, 3.63) is 59.7 Å². The monoisotopic (exact) mass is 322 g/mol. The number of halogens is 2. The number of thiocarbonyl (C=S) groups is 1. The third-order valence-corrected chi connectivity index (χ3v) is 3.09. The van der Waals surface area contributed by atoms with Gasteiger partial charge in [-0.2, -0.15) is 0 Å². The van der Waals surface area contributed by atoms with E-state index in [4.69, 9.17) is 17.0 Å². The van der Waals surface area contributed by atoms with Crippen LogP contribution in [0, 0.1) is 11.6 Å². The van der Waals surface area contributed by atoms with Crippen LogP contribution in [0.25, 0.3) is 0 Å². The summed E-state index contributed by atoms with van der Waals surface area (Å²) in [6.45, 7) is 2.98. The maximum absolute atomic E-state index is 13.5. The summed E-state index contributed by atoms with van der Waals surface area (Å²) in [5.74, 6) is -0.539. The van der Waals surface area contributed by atoms with Gasteiger partial charge in [0.25, 0.3) is 0 Å². The number of hydrogen-bond donors (Lipinski definition) is 2. The van der Waals surface area contributed by atoms with Crippen molar-refractivity contribution >= 4 is 23.0 Å². The minimum Gasteiger partial charge on any atom is -0.494 e. The van der Waals surface area contributed by atoms with Gasteiger partial charge in [-0.15, -0.1) is 0 Å². The maximum atomic E-state index is 13.5. The molecule has 2 aromatic rings. The second-order valence-electron chi connectivity index (χ2n) is 4.51. The zero-order chi connectivity index (χ0) is 15.9. The Kier molecular flexibility index (Phi) is 5.66. The van der Waals surface area contributed by atoms with Gasteiger partial charge in [0.15, 0.2) is 5.11 Å². The first-order chi connectivity index (χ1) is 10.6. The van der Waals surface area contributed by atoms with Crippen molar-refractivity contribution in [1.82, 2.24) is 5.32 Å². The van der Waals surface area contributed by atoms with Crippen molar-refractivity contribution in [2.45, 2.75) is 13.5 Å². The van der Waals surface area contributed by atoms with E-state index in [9.17, 15) is 8.78 Å². The molecule has 3 nitrogen and oxygen atoms in total. The first-order valence-corrected chi connectivity index (χ1v) is 7.21. The smallest absolute Gasteiger partial charge is 0.171 e. The number of hydrogen-bond acceptors (Lipinski definition) is 2. The van der Waals surface area contributed by atoms with E-state index in [0.717, 1.165) is 17.4 Å². The van der Waals surface area contributed by atoms with Crippen molar-refractivity contribution in [1.29, 1.82) is 0 Å². The molecule has 0 aromatic heterocycles. The standard InChI is InChI=1S/C16H16F2N2OS/c1-2-21-13-5-3-4-11(8-13)10-19-16(22)20-15-7-6-12(17)9-14(15)18/h3-9H,2,10H2,1H3,(H2,19,20,22). The van der Waals surface area contributed by atoms with E-state index in [0.29, 0.717) is 13.2 Å². The van der Waals surface area contributed by atoms with E-state index < -0.39 is 11.6 Å². The molecule has 0 saturated heterocycles. The molecule has 0 amide bonds. The lowest BCUT2D eigenvalue weighted by Crippen LogP contribution is -2.28. The summed E-state index contributed by atoms with van der Waals surface area (Å²) in [5, 5.41) is 5.91. The molecule has 116 valence electrons. The average Bonchev–Trinajstić information content (AvgIpc) is 2.49. The van der Waals surface area contributed by atoms with E-state index in [1.165, 1.54) is 12.1 Å². The van der Waals surface area contributed by atoms with Gasteiger partial charge >= 0.3 is 0 Å². The summed E-state index contributed by atoms with van der Waals surface area (Å²) >= 11 is 5.10. The van der Waals surface area contributed by atoms with E-state index in [2.05, 4.69) is 10.6 Å². The fourth-order valence-electron chi connectivity index (χ4n) is 1.85. The van der Waals surface area contributed by atoms with Gasteiger partial charge in [0.2, 0.25) is 0 Å². The van der Waals surface area contributed by atoms with Gasteiger partial charge < -0.3 is 15.4 Å². The second kappa shape index (κ2) is 7.70.